The van der Waals surface area contributed by atoms with E-state index in [1.807, 2.05) is 41.4 Å². The van der Waals surface area contributed by atoms with E-state index in [4.69, 9.17) is 9.72 Å². The van der Waals surface area contributed by atoms with Crippen LogP contribution in [0, 0.1) is 0 Å². The molecule has 4 rings (SSSR count). The lowest BCUT2D eigenvalue weighted by molar-refractivity contribution is 0.108. The van der Waals surface area contributed by atoms with Gasteiger partial charge in [0.2, 0.25) is 0 Å². The van der Waals surface area contributed by atoms with E-state index in [0.717, 1.165) is 48.5 Å². The molecule has 1 aromatic carbocycles. The summed E-state index contributed by atoms with van der Waals surface area (Å²) < 4.78 is 5.55. The molecule has 0 bridgehead atoms. The number of ether oxygens (including phenoxy) is 1. The molecule has 6 nitrogen and oxygen atoms in total. The summed E-state index contributed by atoms with van der Waals surface area (Å²) in [5.41, 5.74) is 3.08. The first-order valence-corrected chi connectivity index (χ1v) is 8.84. The van der Waals surface area contributed by atoms with Crippen LogP contribution in [0.5, 0.6) is 0 Å². The molecule has 0 radical (unpaired) electrons. The number of rotatable bonds is 3. The van der Waals surface area contributed by atoms with Gasteiger partial charge in [-0.3, -0.25) is 0 Å². The lowest BCUT2D eigenvalue weighted by Crippen LogP contribution is -2.45. The number of hydrogen-bond donors (Lipinski definition) is 1. The first kappa shape index (κ1) is 16.0. The van der Waals surface area contributed by atoms with E-state index in [9.17, 15) is 4.79 Å². The van der Waals surface area contributed by atoms with Gasteiger partial charge >= 0.3 is 6.03 Å². The van der Waals surface area contributed by atoms with Crippen LogP contribution < -0.4 is 5.32 Å². The molecule has 0 aliphatic carbocycles. The lowest BCUT2D eigenvalue weighted by atomic mass is 10.1. The second kappa shape index (κ2) is 7.19. The van der Waals surface area contributed by atoms with Crippen molar-refractivity contribution in [1.29, 1.82) is 0 Å². The molecule has 2 aliphatic heterocycles. The molecule has 1 aromatic heterocycles. The fourth-order valence-electron chi connectivity index (χ4n) is 3.33. The molecule has 3 heterocycles. The molecule has 0 spiro atoms. The Hall–Kier alpha value is -2.47. The number of urea groups is 1. The molecule has 25 heavy (non-hydrogen) atoms. The van der Waals surface area contributed by atoms with Gasteiger partial charge in [0.15, 0.2) is 5.82 Å². The molecule has 1 atom stereocenters. The van der Waals surface area contributed by atoms with E-state index < -0.39 is 0 Å². The van der Waals surface area contributed by atoms with Crippen LogP contribution in [0.3, 0.4) is 0 Å². The van der Waals surface area contributed by atoms with Crippen LogP contribution in [0.1, 0.15) is 24.1 Å². The normalized spacial score (nSPS) is 19.5. The Morgan fingerprint density at radius 2 is 2.20 bits per heavy atom. The summed E-state index contributed by atoms with van der Waals surface area (Å²) in [7, 11) is 0. The van der Waals surface area contributed by atoms with Gasteiger partial charge in [-0.1, -0.05) is 30.3 Å². The van der Waals surface area contributed by atoms with Gasteiger partial charge in [0.1, 0.15) is 0 Å². The Kier molecular flexibility index (Phi) is 4.61. The quantitative estimate of drug-likeness (QED) is 0.933. The van der Waals surface area contributed by atoms with Gasteiger partial charge in [0.05, 0.1) is 18.3 Å². The van der Waals surface area contributed by atoms with Crippen molar-refractivity contribution in [2.45, 2.75) is 31.9 Å². The Morgan fingerprint density at radius 1 is 1.32 bits per heavy atom. The minimum absolute atomic E-state index is 0.0340. The number of nitrogens with one attached hydrogen (secondary N) is 1. The van der Waals surface area contributed by atoms with Crippen LogP contribution in [0.15, 0.2) is 36.5 Å². The minimum Gasteiger partial charge on any atom is -0.376 e. The fraction of sp³-hybridized carbons (Fsp3) is 0.421. The van der Waals surface area contributed by atoms with Crippen molar-refractivity contribution in [3.63, 3.8) is 0 Å². The summed E-state index contributed by atoms with van der Waals surface area (Å²) in [6.45, 7) is 2.63. The largest absolute Gasteiger partial charge is 0.376 e. The maximum Gasteiger partial charge on any atom is 0.317 e. The van der Waals surface area contributed by atoms with Crippen molar-refractivity contribution in [2.75, 3.05) is 19.7 Å². The number of fused-ring (bicyclic) bond motifs is 1. The topological polar surface area (TPSA) is 67.3 Å². The van der Waals surface area contributed by atoms with Gasteiger partial charge in [-0.25, -0.2) is 14.8 Å². The molecular formula is C19H22N4O2. The van der Waals surface area contributed by atoms with Gasteiger partial charge in [-0.05, 0) is 12.8 Å². The van der Waals surface area contributed by atoms with E-state index in [1.54, 1.807) is 0 Å². The molecule has 1 saturated heterocycles. The maximum atomic E-state index is 12.4. The summed E-state index contributed by atoms with van der Waals surface area (Å²) in [6.07, 6.45) is 4.88. The van der Waals surface area contributed by atoms with Crippen molar-refractivity contribution in [3.8, 4) is 11.4 Å². The average Bonchev–Trinajstić information content (AvgIpc) is 3.19. The summed E-state index contributed by atoms with van der Waals surface area (Å²) in [5.74, 6) is 0.746. The monoisotopic (exact) mass is 338 g/mol. The van der Waals surface area contributed by atoms with Crippen molar-refractivity contribution >= 4 is 6.03 Å². The smallest absolute Gasteiger partial charge is 0.317 e. The van der Waals surface area contributed by atoms with Gasteiger partial charge in [0, 0.05) is 43.4 Å². The molecule has 1 fully saturated rings. The molecule has 1 unspecified atom stereocenters. The van der Waals surface area contributed by atoms with Crippen molar-refractivity contribution in [1.82, 2.24) is 20.2 Å². The van der Waals surface area contributed by atoms with Crippen LogP contribution in [0.25, 0.3) is 11.4 Å². The predicted molar refractivity (Wildman–Crippen MR) is 94.0 cm³/mol. The first-order valence-electron chi connectivity index (χ1n) is 8.84. The van der Waals surface area contributed by atoms with Crippen LogP contribution in [0.2, 0.25) is 0 Å². The fourth-order valence-corrected chi connectivity index (χ4v) is 3.33. The number of hydrogen-bond acceptors (Lipinski definition) is 4. The lowest BCUT2D eigenvalue weighted by Gasteiger charge is -2.28. The Morgan fingerprint density at radius 3 is 3.00 bits per heavy atom. The number of nitrogens with zero attached hydrogens (tertiary/aromatic N) is 3. The molecule has 0 saturated carbocycles. The Bertz CT molecular complexity index is 744. The number of benzene rings is 1. The highest BCUT2D eigenvalue weighted by Crippen LogP contribution is 2.21. The Balaban J connectivity index is 1.40. The minimum atomic E-state index is -0.0340. The molecule has 2 aliphatic rings. The zero-order valence-corrected chi connectivity index (χ0v) is 14.1. The van der Waals surface area contributed by atoms with Gasteiger partial charge in [-0.2, -0.15) is 0 Å². The third kappa shape index (κ3) is 3.64. The highest BCUT2D eigenvalue weighted by molar-refractivity contribution is 5.74. The van der Waals surface area contributed by atoms with Crippen LogP contribution in [-0.4, -0.2) is 46.7 Å². The van der Waals surface area contributed by atoms with Gasteiger partial charge in [-0.15, -0.1) is 0 Å². The maximum absolute atomic E-state index is 12.4. The van der Waals surface area contributed by atoms with Crippen LogP contribution in [-0.2, 0) is 17.7 Å². The van der Waals surface area contributed by atoms with Gasteiger partial charge < -0.3 is 15.0 Å². The zero-order chi connectivity index (χ0) is 17.1. The summed E-state index contributed by atoms with van der Waals surface area (Å²) in [6, 6.07) is 9.93. The highest BCUT2D eigenvalue weighted by atomic mass is 16.5. The number of carbonyl (C=O) groups excluding carboxylic acids is 1. The highest BCUT2D eigenvalue weighted by Gasteiger charge is 2.24. The third-order valence-corrected chi connectivity index (χ3v) is 4.76. The summed E-state index contributed by atoms with van der Waals surface area (Å²) in [4.78, 5) is 23.4. The van der Waals surface area contributed by atoms with Crippen LogP contribution >= 0.6 is 0 Å². The zero-order valence-electron chi connectivity index (χ0n) is 14.1. The molecule has 130 valence electrons. The van der Waals surface area contributed by atoms with Crippen molar-refractivity contribution in [3.05, 3.63) is 47.8 Å². The van der Waals surface area contributed by atoms with E-state index in [-0.39, 0.29) is 12.1 Å². The molecule has 6 heteroatoms. The van der Waals surface area contributed by atoms with Gasteiger partial charge in [0.25, 0.3) is 0 Å². The van der Waals surface area contributed by atoms with E-state index in [0.29, 0.717) is 19.6 Å². The first-order chi connectivity index (χ1) is 12.3. The second-order valence-electron chi connectivity index (χ2n) is 6.52. The number of carbonyl (C=O) groups is 1. The van der Waals surface area contributed by atoms with E-state index in [1.165, 1.54) is 0 Å². The predicted octanol–water partition coefficient (Wildman–Crippen LogP) is 2.39. The molecule has 1 N–H and O–H groups in total. The standard InChI is InChI=1S/C19H22N4O2/c24-19(21-12-16-7-4-10-25-16)23-9-8-17-15(13-23)11-20-18(22-17)14-5-2-1-3-6-14/h1-3,5-6,11,16H,4,7-10,12-13H2,(H,21,24). The SMILES string of the molecule is O=C(NCC1CCCO1)N1CCc2nc(-c3ccccc3)ncc2C1. The van der Waals surface area contributed by atoms with E-state index in [2.05, 4.69) is 10.3 Å². The summed E-state index contributed by atoms with van der Waals surface area (Å²) >= 11 is 0. The van der Waals surface area contributed by atoms with Crippen molar-refractivity contribution < 1.29 is 9.53 Å². The van der Waals surface area contributed by atoms with E-state index >= 15 is 0 Å². The molecule has 2 aromatic rings. The number of amides is 2. The van der Waals surface area contributed by atoms with Crippen LogP contribution in [0.4, 0.5) is 4.79 Å². The average molecular weight is 338 g/mol. The molecule has 2 amide bonds. The van der Waals surface area contributed by atoms with Crippen molar-refractivity contribution in [2.24, 2.45) is 0 Å². The Labute approximate surface area is 147 Å². The second-order valence-corrected chi connectivity index (χ2v) is 6.52. The number of aromatic nitrogens is 2. The molecular weight excluding hydrogens is 316 g/mol. The third-order valence-electron chi connectivity index (χ3n) is 4.76. The summed E-state index contributed by atoms with van der Waals surface area (Å²) in [5, 5.41) is 2.98.